The van der Waals surface area contributed by atoms with E-state index in [0.717, 1.165) is 37.0 Å². The summed E-state index contributed by atoms with van der Waals surface area (Å²) in [5, 5.41) is 17.6. The van der Waals surface area contributed by atoms with Gasteiger partial charge in [-0.1, -0.05) is 39.0 Å². The molecule has 3 N–H and O–H groups in total. The van der Waals surface area contributed by atoms with Crippen molar-refractivity contribution in [2.45, 2.75) is 65.1 Å². The van der Waals surface area contributed by atoms with E-state index in [1.807, 2.05) is 31.2 Å². The zero-order valence-corrected chi connectivity index (χ0v) is 20.6. The molecule has 33 heavy (non-hydrogen) atoms. The zero-order valence-electron chi connectivity index (χ0n) is 20.6. The van der Waals surface area contributed by atoms with Crippen molar-refractivity contribution >= 4 is 11.8 Å². The summed E-state index contributed by atoms with van der Waals surface area (Å²) in [5.74, 6) is 0.294. The standard InChI is InChI=1S/C26H40N2O5/c1-16(25(31)27-14-18-8-6-7-9-21(18)33-5)19-10-12-26(3)13-11-20(28-22(29)15-32-4)17(2)23(26)24(19)30/h6-9,16-17,19-20,23-24,30H,10-15H2,1-5H3,(H,27,31)(H,28,29)/t16-,17+,19-,20-,23+,24-,26-/m0/s1. The Labute approximate surface area is 197 Å². The molecule has 0 aromatic heterocycles. The Balaban J connectivity index is 1.67. The third-order valence-electron chi connectivity index (χ3n) is 8.21. The molecule has 7 heteroatoms. The summed E-state index contributed by atoms with van der Waals surface area (Å²) in [7, 11) is 3.13. The van der Waals surface area contributed by atoms with Gasteiger partial charge in [0.1, 0.15) is 12.4 Å². The number of carbonyl (C=O) groups is 2. The predicted octanol–water partition coefficient (Wildman–Crippen LogP) is 2.90. The van der Waals surface area contributed by atoms with Gasteiger partial charge in [-0.05, 0) is 54.9 Å². The smallest absolute Gasteiger partial charge is 0.246 e. The van der Waals surface area contributed by atoms with E-state index in [9.17, 15) is 14.7 Å². The minimum absolute atomic E-state index is 0.00815. The Kier molecular flexibility index (Phi) is 8.40. The van der Waals surface area contributed by atoms with Gasteiger partial charge in [-0.2, -0.15) is 0 Å². The van der Waals surface area contributed by atoms with Crippen LogP contribution in [0.25, 0.3) is 0 Å². The number of ether oxygens (including phenoxy) is 2. The fourth-order valence-corrected chi connectivity index (χ4v) is 6.26. The van der Waals surface area contributed by atoms with E-state index < -0.39 is 6.10 Å². The number of benzene rings is 1. The van der Waals surface area contributed by atoms with Crippen molar-refractivity contribution < 1.29 is 24.2 Å². The first kappa shape index (κ1) is 25.5. The first-order valence-corrected chi connectivity index (χ1v) is 12.1. The minimum Gasteiger partial charge on any atom is -0.496 e. The third-order valence-corrected chi connectivity index (χ3v) is 8.21. The zero-order chi connectivity index (χ0) is 24.2. The molecule has 0 unspecified atom stereocenters. The van der Waals surface area contributed by atoms with Crippen LogP contribution in [0.2, 0.25) is 0 Å². The highest BCUT2D eigenvalue weighted by Gasteiger charge is 2.53. The molecular formula is C26H40N2O5. The lowest BCUT2D eigenvalue weighted by Gasteiger charge is -2.56. The summed E-state index contributed by atoms with van der Waals surface area (Å²) < 4.78 is 10.3. The first-order chi connectivity index (χ1) is 15.7. The van der Waals surface area contributed by atoms with Gasteiger partial charge in [0.2, 0.25) is 11.8 Å². The molecule has 2 aliphatic rings. The highest BCUT2D eigenvalue weighted by Crippen LogP contribution is 2.55. The van der Waals surface area contributed by atoms with Crippen LogP contribution in [-0.2, 0) is 20.9 Å². The van der Waals surface area contributed by atoms with E-state index in [0.29, 0.717) is 6.54 Å². The fraction of sp³-hybridized carbons (Fsp3) is 0.692. The van der Waals surface area contributed by atoms with Gasteiger partial charge in [0.05, 0.1) is 13.2 Å². The maximum absolute atomic E-state index is 13.0. The number of methoxy groups -OCH3 is 2. The number of aliphatic hydroxyl groups excluding tert-OH is 1. The molecule has 2 amide bonds. The highest BCUT2D eigenvalue weighted by atomic mass is 16.5. The third kappa shape index (κ3) is 5.52. The molecule has 7 atom stereocenters. The normalized spacial score (nSPS) is 32.4. The van der Waals surface area contributed by atoms with Crippen molar-refractivity contribution in [3.8, 4) is 5.75 Å². The predicted molar refractivity (Wildman–Crippen MR) is 127 cm³/mol. The summed E-state index contributed by atoms with van der Waals surface area (Å²) in [5.41, 5.74) is 0.943. The van der Waals surface area contributed by atoms with Crippen molar-refractivity contribution in [1.82, 2.24) is 10.6 Å². The number of amides is 2. The molecule has 0 spiro atoms. The average molecular weight is 461 g/mol. The van der Waals surface area contributed by atoms with Crippen LogP contribution in [0.5, 0.6) is 5.75 Å². The van der Waals surface area contributed by atoms with Gasteiger partial charge in [-0.15, -0.1) is 0 Å². The van der Waals surface area contributed by atoms with Crippen LogP contribution in [0.15, 0.2) is 24.3 Å². The molecule has 2 saturated carbocycles. The average Bonchev–Trinajstić information content (AvgIpc) is 2.79. The minimum atomic E-state index is -0.590. The lowest BCUT2D eigenvalue weighted by molar-refractivity contribution is -0.144. The Morgan fingerprint density at radius 3 is 2.61 bits per heavy atom. The monoisotopic (exact) mass is 460 g/mol. The topological polar surface area (TPSA) is 96.9 Å². The maximum Gasteiger partial charge on any atom is 0.246 e. The van der Waals surface area contributed by atoms with Gasteiger partial charge in [-0.3, -0.25) is 9.59 Å². The van der Waals surface area contributed by atoms with Crippen LogP contribution in [0.3, 0.4) is 0 Å². The van der Waals surface area contributed by atoms with E-state index in [-0.39, 0.29) is 53.5 Å². The molecule has 3 rings (SSSR count). The first-order valence-electron chi connectivity index (χ1n) is 12.1. The van der Waals surface area contributed by atoms with Gasteiger partial charge in [0.25, 0.3) is 0 Å². The second kappa shape index (κ2) is 10.9. The van der Waals surface area contributed by atoms with E-state index in [2.05, 4.69) is 24.5 Å². The number of aliphatic hydroxyl groups is 1. The second-order valence-electron chi connectivity index (χ2n) is 10.2. The number of hydrogen-bond acceptors (Lipinski definition) is 5. The number of nitrogens with one attached hydrogen (secondary N) is 2. The Morgan fingerprint density at radius 2 is 1.91 bits per heavy atom. The molecule has 1 aromatic carbocycles. The van der Waals surface area contributed by atoms with Crippen LogP contribution >= 0.6 is 0 Å². The molecule has 1 aromatic rings. The molecule has 0 heterocycles. The molecule has 2 fully saturated rings. The summed E-state index contributed by atoms with van der Waals surface area (Å²) >= 11 is 0. The van der Waals surface area contributed by atoms with Crippen molar-refractivity contribution in [1.29, 1.82) is 0 Å². The fourth-order valence-electron chi connectivity index (χ4n) is 6.26. The summed E-state index contributed by atoms with van der Waals surface area (Å²) in [4.78, 5) is 25.1. The summed E-state index contributed by atoms with van der Waals surface area (Å²) in [6.07, 6.45) is 3.07. The molecule has 0 aliphatic heterocycles. The number of fused-ring (bicyclic) bond motifs is 1. The van der Waals surface area contributed by atoms with Crippen LogP contribution in [0.4, 0.5) is 0 Å². The molecule has 184 valence electrons. The Bertz CT molecular complexity index is 831. The van der Waals surface area contributed by atoms with Gasteiger partial charge in [0, 0.05) is 31.2 Å². The second-order valence-corrected chi connectivity index (χ2v) is 10.2. The quantitative estimate of drug-likeness (QED) is 0.554. The number of hydrogen-bond donors (Lipinski definition) is 3. The Hall–Kier alpha value is -2.12. The van der Waals surface area contributed by atoms with Gasteiger partial charge in [0.15, 0.2) is 0 Å². The summed E-state index contributed by atoms with van der Waals surface area (Å²) in [6, 6.07) is 7.65. The summed E-state index contributed by atoms with van der Waals surface area (Å²) in [6.45, 7) is 6.73. The number of para-hydroxylation sites is 1. The lowest BCUT2D eigenvalue weighted by Crippen LogP contribution is -2.58. The van der Waals surface area contributed by atoms with E-state index in [1.54, 1.807) is 7.11 Å². The molecule has 0 bridgehead atoms. The van der Waals surface area contributed by atoms with Gasteiger partial charge in [-0.25, -0.2) is 0 Å². The highest BCUT2D eigenvalue weighted by molar-refractivity contribution is 5.79. The van der Waals surface area contributed by atoms with Crippen molar-refractivity contribution in [2.75, 3.05) is 20.8 Å². The molecular weight excluding hydrogens is 420 g/mol. The van der Waals surface area contributed by atoms with Crippen LogP contribution in [0, 0.1) is 29.1 Å². The molecule has 7 nitrogen and oxygen atoms in total. The molecule has 2 aliphatic carbocycles. The van der Waals surface area contributed by atoms with E-state index in [1.165, 1.54) is 7.11 Å². The largest absolute Gasteiger partial charge is 0.496 e. The van der Waals surface area contributed by atoms with Gasteiger partial charge < -0.3 is 25.2 Å². The van der Waals surface area contributed by atoms with Crippen LogP contribution in [0.1, 0.15) is 52.0 Å². The Morgan fingerprint density at radius 1 is 1.21 bits per heavy atom. The van der Waals surface area contributed by atoms with Crippen LogP contribution < -0.4 is 15.4 Å². The lowest BCUT2D eigenvalue weighted by atomic mass is 9.51. The molecule has 0 saturated heterocycles. The number of carbonyl (C=O) groups excluding carboxylic acids is 2. The maximum atomic E-state index is 13.0. The van der Waals surface area contributed by atoms with Gasteiger partial charge >= 0.3 is 0 Å². The molecule has 0 radical (unpaired) electrons. The van der Waals surface area contributed by atoms with Crippen molar-refractivity contribution in [3.05, 3.63) is 29.8 Å². The van der Waals surface area contributed by atoms with Crippen molar-refractivity contribution in [3.63, 3.8) is 0 Å². The van der Waals surface area contributed by atoms with E-state index >= 15 is 0 Å². The van der Waals surface area contributed by atoms with Crippen LogP contribution in [-0.4, -0.2) is 49.9 Å². The van der Waals surface area contributed by atoms with Crippen molar-refractivity contribution in [2.24, 2.45) is 29.1 Å². The van der Waals surface area contributed by atoms with E-state index in [4.69, 9.17) is 9.47 Å². The SMILES string of the molecule is COCC(=O)N[C@H]1CC[C@]2(C)CC[C@@H]([C@H](C)C(=O)NCc3ccccc3OC)[C@H](O)[C@H]2[C@@H]1C. The number of rotatable bonds is 8.